The molecule has 1 heterocycles. The molecule has 0 fully saturated rings. The molecule has 0 aliphatic carbocycles. The smallest absolute Gasteiger partial charge is 0.268 e. The van der Waals surface area contributed by atoms with Crippen LogP contribution < -0.4 is 14.6 Å². The highest BCUT2D eigenvalue weighted by Gasteiger charge is 2.20. The van der Waals surface area contributed by atoms with Crippen LogP contribution in [0.3, 0.4) is 0 Å². The minimum absolute atomic E-state index is 0.00977. The molecular weight excluding hydrogens is 524 g/mol. The lowest BCUT2D eigenvalue weighted by Crippen LogP contribution is -2.26. The number of aromatic nitrogens is 1. The first-order valence-electron chi connectivity index (χ1n) is 15.9. The van der Waals surface area contributed by atoms with Crippen molar-refractivity contribution in [2.45, 2.75) is 117 Å². The maximum Gasteiger partial charge on any atom is 0.268 e. The first-order chi connectivity index (χ1) is 19.8. The monoisotopic (exact) mass is 577 g/mol. The molecule has 41 heavy (non-hydrogen) atoms. The number of thiazole rings is 1. The molecule has 0 unspecified atom stereocenters. The van der Waals surface area contributed by atoms with Gasteiger partial charge in [-0.1, -0.05) is 122 Å². The molecule has 4 nitrogen and oxygen atoms in total. The van der Waals surface area contributed by atoms with Gasteiger partial charge in [0.2, 0.25) is 5.91 Å². The number of rotatable bonds is 18. The zero-order chi connectivity index (χ0) is 29.5. The van der Waals surface area contributed by atoms with E-state index in [4.69, 9.17) is 4.74 Å². The second-order valence-corrected chi connectivity index (χ2v) is 13.3. The molecule has 0 bridgehead atoms. The second kappa shape index (κ2) is 17.3. The van der Waals surface area contributed by atoms with E-state index in [1.165, 1.54) is 75.6 Å². The van der Waals surface area contributed by atoms with Crippen molar-refractivity contribution in [2.24, 2.45) is 7.05 Å². The van der Waals surface area contributed by atoms with Gasteiger partial charge < -0.3 is 10.1 Å². The Hall–Kier alpha value is -2.66. The Bertz CT molecular complexity index is 1180. The van der Waals surface area contributed by atoms with Crippen LogP contribution in [-0.2, 0) is 23.7 Å². The van der Waals surface area contributed by atoms with E-state index >= 15 is 0 Å². The van der Waals surface area contributed by atoms with Crippen LogP contribution in [0.4, 0.5) is 5.69 Å². The molecule has 0 saturated heterocycles. The molecule has 0 aliphatic heterocycles. The fourth-order valence-corrected chi connectivity index (χ4v) is 6.09. The van der Waals surface area contributed by atoms with Crippen LogP contribution in [0.2, 0.25) is 0 Å². The molecule has 1 amide bonds. The minimum Gasteiger partial charge on any atom is -0.493 e. The van der Waals surface area contributed by atoms with E-state index in [0.717, 1.165) is 41.2 Å². The summed E-state index contributed by atoms with van der Waals surface area (Å²) in [5, 5.41) is 6.33. The van der Waals surface area contributed by atoms with Crippen LogP contribution in [0.25, 0.3) is 10.6 Å². The number of hydrogen-bond donors (Lipinski definition) is 1. The van der Waals surface area contributed by atoms with Crippen LogP contribution in [0.15, 0.2) is 54.0 Å². The zero-order valence-electron chi connectivity index (χ0n) is 26.3. The molecule has 224 valence electrons. The van der Waals surface area contributed by atoms with Gasteiger partial charge in [0.25, 0.3) is 5.01 Å². The van der Waals surface area contributed by atoms with Crippen LogP contribution >= 0.6 is 11.3 Å². The summed E-state index contributed by atoms with van der Waals surface area (Å²) in [6.07, 6.45) is 18.5. The van der Waals surface area contributed by atoms with Crippen molar-refractivity contribution >= 4 is 22.9 Å². The normalized spacial score (nSPS) is 11.5. The van der Waals surface area contributed by atoms with Gasteiger partial charge in [0.05, 0.1) is 24.0 Å². The SMILES string of the molecule is CCCCCCCCCCCCCCOc1ccc(CC(=O)Nc2ccc(-c3scc[n+]3C)cc2)cc1C(C)(C)C. The molecule has 0 atom stereocenters. The predicted octanol–water partition coefficient (Wildman–Crippen LogP) is 9.80. The average molecular weight is 578 g/mol. The topological polar surface area (TPSA) is 42.2 Å². The molecule has 0 saturated carbocycles. The predicted molar refractivity (Wildman–Crippen MR) is 175 cm³/mol. The van der Waals surface area contributed by atoms with Gasteiger partial charge in [-0.25, -0.2) is 0 Å². The molecule has 1 N–H and O–H groups in total. The van der Waals surface area contributed by atoms with Crippen molar-refractivity contribution in [2.75, 3.05) is 11.9 Å². The van der Waals surface area contributed by atoms with E-state index in [9.17, 15) is 4.79 Å². The highest BCUT2D eigenvalue weighted by atomic mass is 32.1. The lowest BCUT2D eigenvalue weighted by molar-refractivity contribution is -0.655. The summed E-state index contributed by atoms with van der Waals surface area (Å²) in [6, 6.07) is 14.3. The molecule has 5 heteroatoms. The lowest BCUT2D eigenvalue weighted by Gasteiger charge is -2.24. The number of nitrogens with one attached hydrogen (secondary N) is 1. The second-order valence-electron chi connectivity index (χ2n) is 12.4. The summed E-state index contributed by atoms with van der Waals surface area (Å²) >= 11 is 1.71. The van der Waals surface area contributed by atoms with Crippen molar-refractivity contribution in [1.29, 1.82) is 0 Å². The molecule has 3 rings (SSSR count). The maximum atomic E-state index is 12.9. The number of amides is 1. The van der Waals surface area contributed by atoms with Gasteiger partial charge in [-0.3, -0.25) is 4.79 Å². The average Bonchev–Trinajstić information content (AvgIpc) is 3.37. The largest absolute Gasteiger partial charge is 0.493 e. The first kappa shape index (κ1) is 32.8. The van der Waals surface area contributed by atoms with E-state index in [2.05, 4.69) is 73.4 Å². The van der Waals surface area contributed by atoms with Crippen LogP contribution in [0.5, 0.6) is 5.75 Å². The lowest BCUT2D eigenvalue weighted by atomic mass is 9.85. The number of ether oxygens (including phenoxy) is 1. The Kier molecular flexibility index (Phi) is 13.9. The van der Waals surface area contributed by atoms with E-state index < -0.39 is 0 Å². The van der Waals surface area contributed by atoms with Crippen molar-refractivity contribution in [3.05, 3.63) is 65.2 Å². The van der Waals surface area contributed by atoms with Gasteiger partial charge in [0.1, 0.15) is 12.8 Å². The minimum atomic E-state index is -0.0634. The summed E-state index contributed by atoms with van der Waals surface area (Å²) in [6.45, 7) is 9.65. The third-order valence-electron chi connectivity index (χ3n) is 7.67. The van der Waals surface area contributed by atoms with Crippen molar-refractivity contribution in [3.63, 3.8) is 0 Å². The van der Waals surface area contributed by atoms with Gasteiger partial charge >= 0.3 is 0 Å². The van der Waals surface area contributed by atoms with Gasteiger partial charge in [-0.2, -0.15) is 4.57 Å². The zero-order valence-corrected chi connectivity index (χ0v) is 27.1. The summed E-state index contributed by atoms with van der Waals surface area (Å²) in [5.74, 6) is 0.937. The number of carbonyl (C=O) groups is 1. The van der Waals surface area contributed by atoms with E-state index in [1.54, 1.807) is 11.3 Å². The molecular formula is C36H53N2O2S+. The number of nitrogens with zero attached hydrogens (tertiary/aromatic N) is 1. The van der Waals surface area contributed by atoms with Crippen LogP contribution in [0, 0.1) is 0 Å². The third-order valence-corrected chi connectivity index (χ3v) is 8.68. The highest BCUT2D eigenvalue weighted by Crippen LogP contribution is 2.33. The number of carbonyl (C=O) groups excluding carboxylic acids is 1. The van der Waals surface area contributed by atoms with Crippen LogP contribution in [0.1, 0.15) is 116 Å². The molecule has 3 aromatic rings. The number of unbranched alkanes of at least 4 members (excludes halogenated alkanes) is 11. The van der Waals surface area contributed by atoms with Crippen LogP contribution in [-0.4, -0.2) is 12.5 Å². The number of aryl methyl sites for hydroxylation is 1. The fourth-order valence-electron chi connectivity index (χ4n) is 5.22. The van der Waals surface area contributed by atoms with E-state index in [0.29, 0.717) is 6.42 Å². The Morgan fingerprint density at radius 3 is 2.02 bits per heavy atom. The Morgan fingerprint density at radius 2 is 1.46 bits per heavy atom. The van der Waals surface area contributed by atoms with E-state index in [1.807, 2.05) is 25.2 Å². The van der Waals surface area contributed by atoms with Crippen molar-refractivity contribution in [3.8, 4) is 16.3 Å². The highest BCUT2D eigenvalue weighted by molar-refractivity contribution is 7.12. The summed E-state index contributed by atoms with van der Waals surface area (Å²) in [5.41, 5.74) is 4.07. The Balaban J connectivity index is 1.41. The van der Waals surface area contributed by atoms with Crippen molar-refractivity contribution in [1.82, 2.24) is 0 Å². The van der Waals surface area contributed by atoms with E-state index in [-0.39, 0.29) is 11.3 Å². The van der Waals surface area contributed by atoms with Gasteiger partial charge in [-0.15, -0.1) is 0 Å². The van der Waals surface area contributed by atoms with Crippen molar-refractivity contribution < 1.29 is 14.1 Å². The molecule has 0 aliphatic rings. The molecule has 0 spiro atoms. The number of anilines is 1. The molecule has 1 aromatic heterocycles. The molecule has 2 aromatic carbocycles. The third kappa shape index (κ3) is 11.6. The summed E-state index contributed by atoms with van der Waals surface area (Å²) in [7, 11) is 2.04. The fraction of sp³-hybridized carbons (Fsp3) is 0.556. The Labute approximate surface area is 253 Å². The van der Waals surface area contributed by atoms with Gasteiger partial charge in [0, 0.05) is 5.69 Å². The first-order valence-corrected chi connectivity index (χ1v) is 16.8. The Morgan fingerprint density at radius 1 is 0.854 bits per heavy atom. The maximum absolute atomic E-state index is 12.9. The van der Waals surface area contributed by atoms with Gasteiger partial charge in [0.15, 0.2) is 6.20 Å². The standard InChI is InChI=1S/C36H52N2O2S/c1-6-7-8-9-10-11-12-13-14-15-16-17-25-40-33-23-18-29(27-32(33)36(2,3)4)28-34(39)37-31-21-19-30(20-22-31)35-38(5)24-26-41-35/h18-24,26-27H,6-17,25,28H2,1-5H3/p+1. The summed E-state index contributed by atoms with van der Waals surface area (Å²) in [4.78, 5) is 12.9. The number of hydrogen-bond acceptors (Lipinski definition) is 3. The van der Waals surface area contributed by atoms with Gasteiger partial charge in [-0.05, 0) is 53.3 Å². The quantitative estimate of drug-likeness (QED) is 0.121. The number of benzene rings is 2. The molecule has 0 radical (unpaired) electrons. The summed E-state index contributed by atoms with van der Waals surface area (Å²) < 4.78 is 8.37.